The molecule has 10 nitrogen and oxygen atoms in total. The molecule has 0 amide bonds. The molecule has 0 spiro atoms. The molecule has 186 valence electrons. The van der Waals surface area contributed by atoms with Gasteiger partial charge in [-0.05, 0) is 30.9 Å². The van der Waals surface area contributed by atoms with Crippen molar-refractivity contribution >= 4 is 23.1 Å². The lowest BCUT2D eigenvalue weighted by atomic mass is 9.89. The number of nitrogens with one attached hydrogen (secondary N) is 1. The van der Waals surface area contributed by atoms with Crippen LogP contribution >= 0.6 is 11.6 Å². The molecule has 35 heavy (non-hydrogen) atoms. The minimum atomic E-state index is -0.679. The van der Waals surface area contributed by atoms with Crippen molar-refractivity contribution < 1.29 is 9.26 Å². The van der Waals surface area contributed by atoms with Crippen molar-refractivity contribution in [2.45, 2.75) is 32.1 Å². The van der Waals surface area contributed by atoms with Crippen molar-refractivity contribution in [1.29, 1.82) is 0 Å². The smallest absolute Gasteiger partial charge is 0.382 e. The van der Waals surface area contributed by atoms with Crippen LogP contribution in [-0.4, -0.2) is 64.5 Å². The number of H-pyrrole nitrogens is 1. The zero-order valence-corrected chi connectivity index (χ0v) is 20.3. The molecule has 2 fully saturated rings. The molecular weight excluding hydrogens is 470 g/mol. The molecule has 3 N–H and O–H groups in total. The molecule has 11 heteroatoms. The summed E-state index contributed by atoms with van der Waals surface area (Å²) < 4.78 is 10.2. The maximum Gasteiger partial charge on any atom is 0.439 e. The van der Waals surface area contributed by atoms with Crippen LogP contribution in [0.4, 0.5) is 11.5 Å². The highest BCUT2D eigenvalue weighted by molar-refractivity contribution is 6.30. The fourth-order valence-corrected chi connectivity index (χ4v) is 5.13. The Morgan fingerprint density at radius 2 is 1.97 bits per heavy atom. The van der Waals surface area contributed by atoms with E-state index in [0.717, 1.165) is 30.9 Å². The number of hydrogen-bond donors (Lipinski definition) is 2. The van der Waals surface area contributed by atoms with Gasteiger partial charge in [0, 0.05) is 30.2 Å². The van der Waals surface area contributed by atoms with Crippen molar-refractivity contribution in [3.05, 3.63) is 39.8 Å². The molecule has 3 heterocycles. The number of benzene rings is 1. The summed E-state index contributed by atoms with van der Waals surface area (Å²) in [5.41, 5.74) is 8.85. The van der Waals surface area contributed by atoms with Gasteiger partial charge in [-0.2, -0.15) is 0 Å². The summed E-state index contributed by atoms with van der Waals surface area (Å²) in [6.45, 7) is 4.69. The van der Waals surface area contributed by atoms with E-state index in [9.17, 15) is 4.79 Å². The predicted octanol–water partition coefficient (Wildman–Crippen LogP) is 3.40. The Labute approximate surface area is 208 Å². The van der Waals surface area contributed by atoms with Gasteiger partial charge in [0.15, 0.2) is 5.82 Å². The first-order chi connectivity index (χ1) is 17.1. The highest BCUT2D eigenvalue weighted by Crippen LogP contribution is 2.37. The number of nitrogens with two attached hydrogens (primary N) is 1. The molecule has 5 rings (SSSR count). The quantitative estimate of drug-likeness (QED) is 0.502. The highest BCUT2D eigenvalue weighted by atomic mass is 35.5. The molecule has 0 radical (unpaired) electrons. The minimum Gasteiger partial charge on any atom is -0.382 e. The molecular formula is C24H30ClN7O3. The van der Waals surface area contributed by atoms with Crippen LogP contribution in [0.15, 0.2) is 33.6 Å². The number of halogens is 1. The van der Waals surface area contributed by atoms with Crippen LogP contribution < -0.4 is 16.4 Å². The summed E-state index contributed by atoms with van der Waals surface area (Å²) in [6.07, 6.45) is 6.20. The van der Waals surface area contributed by atoms with Crippen LogP contribution in [0, 0.1) is 5.92 Å². The van der Waals surface area contributed by atoms with E-state index in [2.05, 4.69) is 29.4 Å². The molecule has 1 aliphatic heterocycles. The molecule has 1 aliphatic carbocycles. The first kappa shape index (κ1) is 23.8. The molecule has 0 atom stereocenters. The number of nitrogens with zero attached hydrogens (tertiary/aromatic N) is 5. The second kappa shape index (κ2) is 10.8. The molecule has 2 aromatic heterocycles. The molecule has 0 bridgehead atoms. The van der Waals surface area contributed by atoms with Crippen molar-refractivity contribution in [3.63, 3.8) is 0 Å². The van der Waals surface area contributed by atoms with Crippen LogP contribution in [0.5, 0.6) is 0 Å². The molecule has 1 saturated carbocycles. The zero-order valence-electron chi connectivity index (χ0n) is 19.6. The number of hydrogen-bond acceptors (Lipinski definition) is 9. The van der Waals surface area contributed by atoms with Crippen molar-refractivity contribution in [2.24, 2.45) is 5.92 Å². The van der Waals surface area contributed by atoms with Crippen LogP contribution in [-0.2, 0) is 4.74 Å². The summed E-state index contributed by atoms with van der Waals surface area (Å²) >= 11 is 6.35. The van der Waals surface area contributed by atoms with Gasteiger partial charge < -0.3 is 15.4 Å². The number of rotatable bonds is 7. The summed E-state index contributed by atoms with van der Waals surface area (Å²) in [7, 11) is 0. The monoisotopic (exact) mass is 499 g/mol. The highest BCUT2D eigenvalue weighted by Gasteiger charge is 2.27. The molecule has 3 aromatic rings. The van der Waals surface area contributed by atoms with E-state index in [-0.39, 0.29) is 11.6 Å². The standard InChI is InChI=1S/C24H30ClN7O3/c25-18-8-4-7-17(13-18)19-20(21(26)28-22(27-19)23-29-24(33)35-30-23)32(14-16-5-2-1-3-6-16)15-31-9-11-34-12-10-31/h4,7-8,13,16H,1-3,5-6,9-12,14-15H2,(H2,26,27,28)(H,29,30,33). The third kappa shape index (κ3) is 5.66. The lowest BCUT2D eigenvalue weighted by Crippen LogP contribution is -2.46. The third-order valence-corrected chi connectivity index (χ3v) is 6.89. The summed E-state index contributed by atoms with van der Waals surface area (Å²) in [4.78, 5) is 28.1. The Morgan fingerprint density at radius 3 is 2.69 bits per heavy atom. The van der Waals surface area contributed by atoms with Crippen molar-refractivity contribution in [3.8, 4) is 22.9 Å². The average molecular weight is 500 g/mol. The third-order valence-electron chi connectivity index (χ3n) is 6.66. The zero-order chi connectivity index (χ0) is 24.2. The first-order valence-electron chi connectivity index (χ1n) is 12.1. The van der Waals surface area contributed by atoms with E-state index in [1.165, 1.54) is 32.1 Å². The van der Waals surface area contributed by atoms with Gasteiger partial charge >= 0.3 is 5.76 Å². The van der Waals surface area contributed by atoms with E-state index in [1.807, 2.05) is 24.3 Å². The lowest BCUT2D eigenvalue weighted by molar-refractivity contribution is 0.0375. The maximum atomic E-state index is 11.6. The van der Waals surface area contributed by atoms with E-state index >= 15 is 0 Å². The van der Waals surface area contributed by atoms with Gasteiger partial charge in [-0.15, -0.1) is 0 Å². The SMILES string of the molecule is Nc1nc(-c2noc(=O)[nH]2)nc(-c2cccc(Cl)c2)c1N(CC1CCCCC1)CN1CCOCC1. The van der Waals surface area contributed by atoms with Crippen molar-refractivity contribution in [2.75, 3.05) is 50.2 Å². The fraction of sp³-hybridized carbons (Fsp3) is 0.500. The van der Waals surface area contributed by atoms with Crippen molar-refractivity contribution in [1.82, 2.24) is 25.0 Å². The Hall–Kier alpha value is -2.95. The van der Waals surface area contributed by atoms with E-state index < -0.39 is 5.76 Å². The lowest BCUT2D eigenvalue weighted by Gasteiger charge is -2.37. The van der Waals surface area contributed by atoms with Gasteiger partial charge in [0.1, 0.15) is 11.4 Å². The number of morpholine rings is 1. The minimum absolute atomic E-state index is 0.128. The topological polar surface area (TPSA) is 126 Å². The first-order valence-corrected chi connectivity index (χ1v) is 12.5. The van der Waals surface area contributed by atoms with Gasteiger partial charge in [-0.3, -0.25) is 14.4 Å². The summed E-state index contributed by atoms with van der Waals surface area (Å²) in [6, 6.07) is 7.50. The maximum absolute atomic E-state index is 11.6. The Balaban J connectivity index is 1.60. The van der Waals surface area contributed by atoms with E-state index in [1.54, 1.807) is 0 Å². The van der Waals surface area contributed by atoms with Crippen LogP contribution in [0.25, 0.3) is 22.9 Å². The second-order valence-electron chi connectivity index (χ2n) is 9.18. The Kier molecular flexibility index (Phi) is 7.31. The average Bonchev–Trinajstić information content (AvgIpc) is 3.31. The number of aromatic amines is 1. The van der Waals surface area contributed by atoms with Crippen LogP contribution in [0.1, 0.15) is 32.1 Å². The van der Waals surface area contributed by atoms with Gasteiger partial charge in [-0.1, -0.05) is 48.2 Å². The summed E-state index contributed by atoms with van der Waals surface area (Å²) in [5, 5.41) is 4.35. The predicted molar refractivity (Wildman–Crippen MR) is 134 cm³/mol. The number of nitrogen functional groups attached to an aromatic ring is 1. The van der Waals surface area contributed by atoms with Gasteiger partial charge in [0.2, 0.25) is 11.6 Å². The Bertz CT molecular complexity index is 1180. The molecule has 1 saturated heterocycles. The van der Waals surface area contributed by atoms with Crippen LogP contribution in [0.3, 0.4) is 0 Å². The molecule has 2 aliphatic rings. The van der Waals surface area contributed by atoms with Crippen LogP contribution in [0.2, 0.25) is 5.02 Å². The van der Waals surface area contributed by atoms with Gasteiger partial charge in [0.05, 0.1) is 19.9 Å². The largest absolute Gasteiger partial charge is 0.439 e. The second-order valence-corrected chi connectivity index (χ2v) is 9.62. The van der Waals surface area contributed by atoms with E-state index in [4.69, 9.17) is 27.1 Å². The summed E-state index contributed by atoms with van der Waals surface area (Å²) in [5.74, 6) is 0.530. The number of ether oxygens (including phenoxy) is 1. The fourth-order valence-electron chi connectivity index (χ4n) is 4.94. The van der Waals surface area contributed by atoms with Gasteiger partial charge in [0.25, 0.3) is 0 Å². The van der Waals surface area contributed by atoms with E-state index in [0.29, 0.717) is 42.3 Å². The van der Waals surface area contributed by atoms with Gasteiger partial charge in [-0.25, -0.2) is 14.8 Å². The Morgan fingerprint density at radius 1 is 1.17 bits per heavy atom. The molecule has 1 aromatic carbocycles. The molecule has 0 unspecified atom stereocenters. The number of aromatic nitrogens is 4. The normalized spacial score (nSPS) is 17.5. The number of anilines is 2.